The number of carbonyl (C=O) groups is 1. The molecule has 0 aliphatic rings. The van der Waals surface area contributed by atoms with Crippen LogP contribution in [0.25, 0.3) is 0 Å². The van der Waals surface area contributed by atoms with Crippen molar-refractivity contribution in [3.05, 3.63) is 29.8 Å². The van der Waals surface area contributed by atoms with Crippen molar-refractivity contribution in [1.29, 1.82) is 0 Å². The van der Waals surface area contributed by atoms with Gasteiger partial charge in [0.1, 0.15) is 6.54 Å². The molecule has 0 radical (unpaired) electrons. The Morgan fingerprint density at radius 3 is 2.38 bits per heavy atom. The molecule has 0 spiro atoms. The summed E-state index contributed by atoms with van der Waals surface area (Å²) in [4.78, 5) is 10.2. The van der Waals surface area contributed by atoms with E-state index in [1.807, 2.05) is 31.2 Å². The third kappa shape index (κ3) is 4.93. The molecule has 0 bridgehead atoms. The predicted octanol–water partition coefficient (Wildman–Crippen LogP) is 0.843. The first-order valence-corrected chi connectivity index (χ1v) is 3.71. The van der Waals surface area contributed by atoms with E-state index in [4.69, 9.17) is 5.11 Å². The molecule has 1 aromatic carbocycles. The van der Waals surface area contributed by atoms with Crippen molar-refractivity contribution in [3.63, 3.8) is 0 Å². The molecule has 4 heteroatoms. The number of anilines is 1. The summed E-state index contributed by atoms with van der Waals surface area (Å²) in [6, 6.07) is 7.59. The molecule has 0 aromatic heterocycles. The molecule has 13 heavy (non-hydrogen) atoms. The fraction of sp³-hybridized carbons (Fsp3) is 0.222. The second kappa shape index (κ2) is 6.02. The molecule has 0 atom stereocenters. The predicted molar refractivity (Wildman–Crippen MR) is 54.5 cm³/mol. The zero-order valence-electron chi connectivity index (χ0n) is 6.87. The van der Waals surface area contributed by atoms with Crippen LogP contribution in [0, 0.1) is 6.92 Å². The van der Waals surface area contributed by atoms with Gasteiger partial charge in [0.2, 0.25) is 0 Å². The van der Waals surface area contributed by atoms with Crippen molar-refractivity contribution < 1.29 is 9.90 Å². The molecular formula is C9H12NNaO2. The van der Waals surface area contributed by atoms with Gasteiger partial charge in [0.25, 0.3) is 0 Å². The summed E-state index contributed by atoms with van der Waals surface area (Å²) < 4.78 is 0. The fourth-order valence-corrected chi connectivity index (χ4v) is 0.849. The number of hydrogen-bond acceptors (Lipinski definition) is 2. The van der Waals surface area contributed by atoms with Crippen molar-refractivity contribution in [2.75, 3.05) is 11.9 Å². The van der Waals surface area contributed by atoms with Crippen LogP contribution in [-0.2, 0) is 4.79 Å². The van der Waals surface area contributed by atoms with Crippen molar-refractivity contribution in [1.82, 2.24) is 0 Å². The summed E-state index contributed by atoms with van der Waals surface area (Å²) in [5.74, 6) is -0.851. The van der Waals surface area contributed by atoms with E-state index >= 15 is 0 Å². The zero-order valence-corrected chi connectivity index (χ0v) is 6.87. The summed E-state index contributed by atoms with van der Waals surface area (Å²) in [6.07, 6.45) is 0. The molecule has 0 saturated carbocycles. The molecule has 0 aliphatic carbocycles. The monoisotopic (exact) mass is 189 g/mol. The molecule has 0 amide bonds. The number of aliphatic carboxylic acids is 1. The Morgan fingerprint density at radius 2 is 1.92 bits per heavy atom. The van der Waals surface area contributed by atoms with Crippen LogP contribution in [0.1, 0.15) is 5.56 Å². The van der Waals surface area contributed by atoms with Gasteiger partial charge in [-0.15, -0.1) is 0 Å². The van der Waals surface area contributed by atoms with Crippen molar-refractivity contribution in [2.45, 2.75) is 6.92 Å². The molecule has 1 aromatic rings. The van der Waals surface area contributed by atoms with E-state index in [2.05, 4.69) is 5.32 Å². The number of carboxylic acids is 1. The molecule has 0 fully saturated rings. The summed E-state index contributed by atoms with van der Waals surface area (Å²) in [6.45, 7) is 1.95. The van der Waals surface area contributed by atoms with Gasteiger partial charge >= 0.3 is 35.5 Å². The van der Waals surface area contributed by atoms with Gasteiger partial charge in [-0.1, -0.05) is 17.7 Å². The van der Waals surface area contributed by atoms with Gasteiger partial charge in [-0.05, 0) is 19.1 Å². The number of carboxylic acid groups (broad SMARTS) is 1. The average molecular weight is 189 g/mol. The van der Waals surface area contributed by atoms with E-state index in [1.165, 1.54) is 0 Å². The molecule has 3 nitrogen and oxygen atoms in total. The number of benzene rings is 1. The first kappa shape index (κ1) is 12.5. The minimum absolute atomic E-state index is 0. The Morgan fingerprint density at radius 1 is 1.38 bits per heavy atom. The molecule has 0 unspecified atom stereocenters. The third-order valence-corrected chi connectivity index (χ3v) is 1.50. The van der Waals surface area contributed by atoms with E-state index in [9.17, 15) is 4.79 Å². The Labute approximate surface area is 99.4 Å². The average Bonchev–Trinajstić information content (AvgIpc) is 2.03. The summed E-state index contributed by atoms with van der Waals surface area (Å²) in [7, 11) is 0. The molecule has 1 rings (SSSR count). The van der Waals surface area contributed by atoms with Crippen LogP contribution in [0.15, 0.2) is 24.3 Å². The number of aryl methyl sites for hydroxylation is 1. The van der Waals surface area contributed by atoms with Gasteiger partial charge < -0.3 is 10.4 Å². The number of rotatable bonds is 3. The van der Waals surface area contributed by atoms with Crippen molar-refractivity contribution in [3.8, 4) is 0 Å². The van der Waals surface area contributed by atoms with Gasteiger partial charge in [-0.2, -0.15) is 0 Å². The molecule has 66 valence electrons. The quantitative estimate of drug-likeness (QED) is 0.693. The van der Waals surface area contributed by atoms with E-state index in [-0.39, 0.29) is 36.1 Å². The summed E-state index contributed by atoms with van der Waals surface area (Å²) in [5.41, 5.74) is 2.00. The van der Waals surface area contributed by atoms with Gasteiger partial charge in [0.05, 0.1) is 0 Å². The number of nitrogens with one attached hydrogen (secondary N) is 1. The van der Waals surface area contributed by atoms with Crippen LogP contribution in [0.2, 0.25) is 0 Å². The standard InChI is InChI=1S/C9H11NO2.Na.H/c1-7-2-4-8(5-3-7)10-6-9(11)12;;/h2-5,10H,6H2,1H3,(H,11,12);;. The fourth-order valence-electron chi connectivity index (χ4n) is 0.849. The van der Waals surface area contributed by atoms with Crippen molar-refractivity contribution >= 4 is 41.2 Å². The molecule has 2 N–H and O–H groups in total. The topological polar surface area (TPSA) is 49.3 Å². The van der Waals surface area contributed by atoms with Gasteiger partial charge in [-0.3, -0.25) is 4.79 Å². The van der Waals surface area contributed by atoms with Crippen LogP contribution in [-0.4, -0.2) is 47.2 Å². The van der Waals surface area contributed by atoms with Crippen LogP contribution < -0.4 is 5.32 Å². The first-order valence-electron chi connectivity index (χ1n) is 3.71. The Kier molecular flexibility index (Phi) is 5.79. The van der Waals surface area contributed by atoms with Gasteiger partial charge in [-0.25, -0.2) is 0 Å². The minimum atomic E-state index is -0.851. The Hall–Kier alpha value is -0.510. The number of hydrogen-bond donors (Lipinski definition) is 2. The van der Waals surface area contributed by atoms with E-state index < -0.39 is 5.97 Å². The molecule has 0 saturated heterocycles. The Bertz CT molecular complexity index is 271. The first-order chi connectivity index (χ1) is 5.68. The maximum absolute atomic E-state index is 10.2. The van der Waals surface area contributed by atoms with Crippen LogP contribution in [0.4, 0.5) is 5.69 Å². The third-order valence-electron chi connectivity index (χ3n) is 1.50. The van der Waals surface area contributed by atoms with Gasteiger partial charge in [0.15, 0.2) is 0 Å². The zero-order chi connectivity index (χ0) is 8.97. The molecule has 0 heterocycles. The van der Waals surface area contributed by atoms with E-state index in [0.29, 0.717) is 0 Å². The Balaban J connectivity index is 0.00000144. The molecular weight excluding hydrogens is 177 g/mol. The molecule has 0 aliphatic heterocycles. The van der Waals surface area contributed by atoms with Crippen LogP contribution in [0.5, 0.6) is 0 Å². The SMILES string of the molecule is Cc1ccc(NCC(=O)O)cc1.[NaH]. The van der Waals surface area contributed by atoms with E-state index in [1.54, 1.807) is 0 Å². The van der Waals surface area contributed by atoms with Crippen LogP contribution in [0.3, 0.4) is 0 Å². The van der Waals surface area contributed by atoms with Crippen molar-refractivity contribution in [2.24, 2.45) is 0 Å². The summed E-state index contributed by atoms with van der Waals surface area (Å²) in [5, 5.41) is 11.1. The second-order valence-electron chi connectivity index (χ2n) is 2.61. The van der Waals surface area contributed by atoms with Gasteiger partial charge in [0, 0.05) is 5.69 Å². The second-order valence-corrected chi connectivity index (χ2v) is 2.61. The summed E-state index contributed by atoms with van der Waals surface area (Å²) >= 11 is 0. The maximum atomic E-state index is 10.2. The normalized spacial score (nSPS) is 8.69. The van der Waals surface area contributed by atoms with Crippen LogP contribution >= 0.6 is 0 Å². The van der Waals surface area contributed by atoms with E-state index in [0.717, 1.165) is 11.3 Å².